The second kappa shape index (κ2) is 9.81. The van der Waals surface area contributed by atoms with Crippen molar-refractivity contribution in [2.75, 3.05) is 10.6 Å². The molecule has 1 amide bonds. The fourth-order valence-corrected chi connectivity index (χ4v) is 5.73. The highest BCUT2D eigenvalue weighted by molar-refractivity contribution is 7.18. The van der Waals surface area contributed by atoms with E-state index in [1.54, 1.807) is 22.2 Å². The predicted molar refractivity (Wildman–Crippen MR) is 139 cm³/mol. The second-order valence-corrected chi connectivity index (χ2v) is 9.87. The zero-order valence-corrected chi connectivity index (χ0v) is 20.0. The van der Waals surface area contributed by atoms with E-state index in [-0.39, 0.29) is 23.9 Å². The van der Waals surface area contributed by atoms with Crippen LogP contribution in [0, 0.1) is 0 Å². The average Bonchev–Trinajstić information content (AvgIpc) is 3.25. The summed E-state index contributed by atoms with van der Waals surface area (Å²) >= 11 is 1.64. The molecule has 2 aromatic heterocycles. The molecule has 0 aliphatic heterocycles. The van der Waals surface area contributed by atoms with Crippen LogP contribution in [0.25, 0.3) is 10.2 Å². The molecule has 1 aliphatic rings. The van der Waals surface area contributed by atoms with Gasteiger partial charge in [0.15, 0.2) is 0 Å². The Bertz CT molecular complexity index is 1360. The number of amides is 1. The minimum Gasteiger partial charge on any atom is -0.379 e. The smallest absolute Gasteiger partial charge is 0.262 e. The molecule has 1 aliphatic carbocycles. The summed E-state index contributed by atoms with van der Waals surface area (Å²) in [5, 5.41) is 7.15. The highest BCUT2D eigenvalue weighted by Crippen LogP contribution is 2.33. The number of anilines is 2. The van der Waals surface area contributed by atoms with E-state index in [4.69, 9.17) is 0 Å². The van der Waals surface area contributed by atoms with Gasteiger partial charge in [0.25, 0.3) is 5.56 Å². The summed E-state index contributed by atoms with van der Waals surface area (Å²) in [6, 6.07) is 18.1. The van der Waals surface area contributed by atoms with Crippen LogP contribution in [-0.2, 0) is 24.2 Å². The molecular weight excluding hydrogens is 444 g/mol. The SMILES string of the molecule is CC(Nc1ccc(NC(=O)CCn2cnc3sc4c(c3c2=O)CCCC4)cc1)c1ccccc1. The molecule has 2 heterocycles. The van der Waals surface area contributed by atoms with Gasteiger partial charge in [-0.15, -0.1) is 11.3 Å². The van der Waals surface area contributed by atoms with Crippen LogP contribution in [0.2, 0.25) is 0 Å². The van der Waals surface area contributed by atoms with E-state index in [0.29, 0.717) is 6.54 Å². The number of nitrogens with one attached hydrogen (secondary N) is 2. The zero-order chi connectivity index (χ0) is 23.5. The summed E-state index contributed by atoms with van der Waals surface area (Å²) in [4.78, 5) is 32.2. The van der Waals surface area contributed by atoms with E-state index in [1.165, 1.54) is 22.4 Å². The van der Waals surface area contributed by atoms with Crippen molar-refractivity contribution in [2.24, 2.45) is 0 Å². The quantitative estimate of drug-likeness (QED) is 0.370. The first kappa shape index (κ1) is 22.3. The largest absolute Gasteiger partial charge is 0.379 e. The molecule has 7 heteroatoms. The number of hydrogen-bond donors (Lipinski definition) is 2. The lowest BCUT2D eigenvalue weighted by Gasteiger charge is -2.16. The van der Waals surface area contributed by atoms with Gasteiger partial charge in [0.2, 0.25) is 5.91 Å². The Labute approximate surface area is 202 Å². The molecule has 1 unspecified atom stereocenters. The summed E-state index contributed by atoms with van der Waals surface area (Å²) in [5.74, 6) is -0.127. The standard InChI is InChI=1S/C27H28N4O2S/c1-18(19-7-3-2-4-8-19)29-20-11-13-21(14-12-20)30-24(32)15-16-31-17-28-26-25(27(31)33)22-9-5-6-10-23(22)34-26/h2-4,7-8,11-14,17-18,29H,5-6,9-10,15-16H2,1H3,(H,30,32). The van der Waals surface area contributed by atoms with E-state index >= 15 is 0 Å². The minimum atomic E-state index is -0.127. The van der Waals surface area contributed by atoms with Gasteiger partial charge in [-0.3, -0.25) is 14.2 Å². The Kier molecular flexibility index (Phi) is 6.45. The van der Waals surface area contributed by atoms with Gasteiger partial charge < -0.3 is 10.6 Å². The molecule has 0 fully saturated rings. The van der Waals surface area contributed by atoms with Crippen molar-refractivity contribution >= 4 is 38.8 Å². The highest BCUT2D eigenvalue weighted by atomic mass is 32.1. The van der Waals surface area contributed by atoms with Crippen LogP contribution in [-0.4, -0.2) is 15.5 Å². The Hall–Kier alpha value is -3.45. The van der Waals surface area contributed by atoms with E-state index < -0.39 is 0 Å². The number of aryl methyl sites for hydroxylation is 3. The summed E-state index contributed by atoms with van der Waals surface area (Å²) in [5.41, 5.74) is 4.08. The normalized spacial score (nSPS) is 13.9. The van der Waals surface area contributed by atoms with Crippen molar-refractivity contribution in [3.63, 3.8) is 0 Å². The molecule has 174 valence electrons. The third-order valence-electron chi connectivity index (χ3n) is 6.37. The van der Waals surface area contributed by atoms with Crippen LogP contribution in [0.15, 0.2) is 65.7 Å². The molecule has 0 saturated carbocycles. The molecule has 1 atom stereocenters. The Morgan fingerprint density at radius 1 is 1.06 bits per heavy atom. The maximum atomic E-state index is 13.1. The number of benzene rings is 2. The van der Waals surface area contributed by atoms with E-state index in [9.17, 15) is 9.59 Å². The van der Waals surface area contributed by atoms with Crippen LogP contribution < -0.4 is 16.2 Å². The lowest BCUT2D eigenvalue weighted by atomic mass is 9.97. The van der Waals surface area contributed by atoms with Crippen molar-refractivity contribution in [3.8, 4) is 0 Å². The molecule has 0 spiro atoms. The number of fused-ring (bicyclic) bond motifs is 3. The van der Waals surface area contributed by atoms with Gasteiger partial charge in [-0.05, 0) is 68.0 Å². The number of carbonyl (C=O) groups is 1. The number of aromatic nitrogens is 2. The second-order valence-electron chi connectivity index (χ2n) is 8.79. The number of thiophene rings is 1. The lowest BCUT2D eigenvalue weighted by Crippen LogP contribution is -2.24. The number of hydrogen-bond acceptors (Lipinski definition) is 5. The first-order valence-electron chi connectivity index (χ1n) is 11.8. The minimum absolute atomic E-state index is 0.0276. The fraction of sp³-hybridized carbons (Fsp3) is 0.296. The third-order valence-corrected chi connectivity index (χ3v) is 7.57. The predicted octanol–water partition coefficient (Wildman–Crippen LogP) is 5.54. The molecule has 2 N–H and O–H groups in total. The monoisotopic (exact) mass is 472 g/mol. The Morgan fingerprint density at radius 2 is 1.79 bits per heavy atom. The average molecular weight is 473 g/mol. The molecule has 0 bridgehead atoms. The maximum Gasteiger partial charge on any atom is 0.262 e. The van der Waals surface area contributed by atoms with Crippen LogP contribution in [0.3, 0.4) is 0 Å². The van der Waals surface area contributed by atoms with Gasteiger partial charge in [-0.1, -0.05) is 30.3 Å². The van der Waals surface area contributed by atoms with Crippen molar-refractivity contribution in [2.45, 2.75) is 51.6 Å². The molecule has 6 nitrogen and oxygen atoms in total. The lowest BCUT2D eigenvalue weighted by molar-refractivity contribution is -0.116. The summed E-state index contributed by atoms with van der Waals surface area (Å²) in [6.45, 7) is 2.43. The first-order chi connectivity index (χ1) is 16.6. The van der Waals surface area contributed by atoms with Gasteiger partial charge in [-0.25, -0.2) is 4.98 Å². The number of rotatable bonds is 7. The van der Waals surface area contributed by atoms with E-state index in [2.05, 4.69) is 34.7 Å². The molecule has 4 aromatic rings. The number of nitrogens with zero attached hydrogens (tertiary/aromatic N) is 2. The Morgan fingerprint density at radius 3 is 2.59 bits per heavy atom. The summed E-state index contributed by atoms with van der Waals surface area (Å²) < 4.78 is 1.57. The summed E-state index contributed by atoms with van der Waals surface area (Å²) in [6.07, 6.45) is 6.08. The molecular formula is C27H28N4O2S. The van der Waals surface area contributed by atoms with Gasteiger partial charge in [0.05, 0.1) is 11.7 Å². The first-order valence-corrected chi connectivity index (χ1v) is 12.6. The maximum absolute atomic E-state index is 13.1. The molecule has 0 radical (unpaired) electrons. The summed E-state index contributed by atoms with van der Waals surface area (Å²) in [7, 11) is 0. The van der Waals surface area contributed by atoms with E-state index in [1.807, 2.05) is 42.5 Å². The molecule has 2 aromatic carbocycles. The van der Waals surface area contributed by atoms with Gasteiger partial charge >= 0.3 is 0 Å². The van der Waals surface area contributed by atoms with Gasteiger partial charge in [0, 0.05) is 35.3 Å². The molecule has 34 heavy (non-hydrogen) atoms. The molecule has 5 rings (SSSR count). The fourth-order valence-electron chi connectivity index (χ4n) is 4.51. The van der Waals surface area contributed by atoms with Crippen LogP contribution in [0.5, 0.6) is 0 Å². The van der Waals surface area contributed by atoms with Crippen molar-refractivity contribution in [1.82, 2.24) is 9.55 Å². The van der Waals surface area contributed by atoms with Crippen molar-refractivity contribution in [3.05, 3.63) is 87.3 Å². The Balaban J connectivity index is 1.19. The van der Waals surface area contributed by atoms with Crippen LogP contribution in [0.4, 0.5) is 11.4 Å². The van der Waals surface area contributed by atoms with Crippen LogP contribution in [0.1, 0.15) is 48.2 Å². The van der Waals surface area contributed by atoms with E-state index in [0.717, 1.165) is 40.9 Å². The topological polar surface area (TPSA) is 76.0 Å². The highest BCUT2D eigenvalue weighted by Gasteiger charge is 2.20. The van der Waals surface area contributed by atoms with Crippen molar-refractivity contribution in [1.29, 1.82) is 0 Å². The van der Waals surface area contributed by atoms with Gasteiger partial charge in [-0.2, -0.15) is 0 Å². The zero-order valence-electron chi connectivity index (χ0n) is 19.2. The number of carbonyl (C=O) groups excluding carboxylic acids is 1. The third kappa shape index (κ3) is 4.75. The van der Waals surface area contributed by atoms with Gasteiger partial charge in [0.1, 0.15) is 4.83 Å². The van der Waals surface area contributed by atoms with Crippen molar-refractivity contribution < 1.29 is 4.79 Å². The molecule has 0 saturated heterocycles. The van der Waals surface area contributed by atoms with Crippen LogP contribution >= 0.6 is 11.3 Å².